The summed E-state index contributed by atoms with van der Waals surface area (Å²) in [5.41, 5.74) is -0.0357. The van der Waals surface area contributed by atoms with Crippen LogP contribution in [0, 0.1) is 0 Å². The lowest BCUT2D eigenvalue weighted by Crippen LogP contribution is -2.35. The first-order chi connectivity index (χ1) is 12.7. The lowest BCUT2D eigenvalue weighted by Gasteiger charge is -2.25. The van der Waals surface area contributed by atoms with E-state index in [1.807, 2.05) is 0 Å². The zero-order valence-corrected chi connectivity index (χ0v) is 14.8. The zero-order valence-electron chi connectivity index (χ0n) is 14.0. The minimum Gasteiger partial charge on any atom is -0.289 e. The van der Waals surface area contributed by atoms with Crippen molar-refractivity contribution in [3.8, 4) is 0 Å². The molecule has 1 aliphatic heterocycles. The molecule has 2 N–H and O–H groups in total. The van der Waals surface area contributed by atoms with Crippen molar-refractivity contribution in [2.45, 2.75) is 30.3 Å². The normalized spacial score (nSPS) is 16.3. The predicted octanol–water partition coefficient (Wildman–Crippen LogP) is 2.25. The lowest BCUT2D eigenvalue weighted by molar-refractivity contribution is -0.144. The maximum atomic E-state index is 12.7. The number of aromatic nitrogens is 3. The van der Waals surface area contributed by atoms with E-state index in [0.29, 0.717) is 13.1 Å². The molecule has 1 amide bonds. The summed E-state index contributed by atoms with van der Waals surface area (Å²) < 4.78 is 64.2. The van der Waals surface area contributed by atoms with Crippen LogP contribution in [0.5, 0.6) is 0 Å². The molecule has 0 aliphatic carbocycles. The van der Waals surface area contributed by atoms with E-state index in [2.05, 4.69) is 15.4 Å². The summed E-state index contributed by atoms with van der Waals surface area (Å²) >= 11 is 0. The van der Waals surface area contributed by atoms with Crippen molar-refractivity contribution in [1.82, 2.24) is 19.5 Å². The summed E-state index contributed by atoms with van der Waals surface area (Å²) in [6.07, 6.45) is -2.22. The number of alkyl halides is 3. The van der Waals surface area contributed by atoms with Crippen LogP contribution < -0.4 is 5.32 Å². The van der Waals surface area contributed by atoms with Gasteiger partial charge in [0.2, 0.25) is 21.8 Å². The summed E-state index contributed by atoms with van der Waals surface area (Å²) in [5.74, 6) is -2.73. The molecule has 0 unspecified atom stereocenters. The number of sulfonamides is 1. The third kappa shape index (κ3) is 4.27. The van der Waals surface area contributed by atoms with Crippen molar-refractivity contribution in [1.29, 1.82) is 0 Å². The largest absolute Gasteiger partial charge is 0.451 e. The lowest BCUT2D eigenvalue weighted by atomic mass is 10.2. The summed E-state index contributed by atoms with van der Waals surface area (Å²) in [6, 6.07) is 5.29. The molecule has 0 atom stereocenters. The second-order valence-corrected chi connectivity index (χ2v) is 7.89. The van der Waals surface area contributed by atoms with Gasteiger partial charge in [-0.3, -0.25) is 15.2 Å². The third-order valence-corrected chi connectivity index (χ3v) is 5.92. The molecule has 0 bridgehead atoms. The van der Waals surface area contributed by atoms with Gasteiger partial charge in [0.25, 0.3) is 5.91 Å². The van der Waals surface area contributed by atoms with E-state index in [1.54, 1.807) is 5.10 Å². The van der Waals surface area contributed by atoms with E-state index in [0.717, 1.165) is 19.3 Å². The van der Waals surface area contributed by atoms with E-state index in [9.17, 15) is 26.4 Å². The minimum atomic E-state index is -4.72. The SMILES string of the molecule is O=C(Nc1n[nH]c(C(F)(F)F)n1)c1cccc(S(=O)(=O)N2CCCCC2)c1. The molecule has 146 valence electrons. The molecule has 1 saturated heterocycles. The average Bonchev–Trinajstić information content (AvgIpc) is 3.11. The van der Waals surface area contributed by atoms with Crippen LogP contribution in [0.3, 0.4) is 0 Å². The van der Waals surface area contributed by atoms with Gasteiger partial charge in [-0.25, -0.2) is 8.42 Å². The number of piperidine rings is 1. The van der Waals surface area contributed by atoms with E-state index < -0.39 is 33.9 Å². The highest BCUT2D eigenvalue weighted by molar-refractivity contribution is 7.89. The molecule has 12 heteroatoms. The van der Waals surface area contributed by atoms with Gasteiger partial charge < -0.3 is 0 Å². The number of halogens is 3. The van der Waals surface area contributed by atoms with Gasteiger partial charge in [0.1, 0.15) is 0 Å². The zero-order chi connectivity index (χ0) is 19.7. The van der Waals surface area contributed by atoms with E-state index in [-0.39, 0.29) is 10.5 Å². The number of carbonyl (C=O) groups excluding carboxylic acids is 1. The molecule has 1 aromatic carbocycles. The number of H-pyrrole nitrogens is 1. The molecule has 1 aromatic heterocycles. The highest BCUT2D eigenvalue weighted by Crippen LogP contribution is 2.26. The molecule has 2 heterocycles. The number of anilines is 1. The number of nitrogens with zero attached hydrogens (tertiary/aromatic N) is 3. The molecule has 8 nitrogen and oxygen atoms in total. The summed E-state index contributed by atoms with van der Waals surface area (Å²) in [7, 11) is -3.74. The number of nitrogens with one attached hydrogen (secondary N) is 2. The number of hydrogen-bond donors (Lipinski definition) is 2. The van der Waals surface area contributed by atoms with Crippen LogP contribution in [0.4, 0.5) is 19.1 Å². The maximum Gasteiger partial charge on any atom is 0.451 e. The smallest absolute Gasteiger partial charge is 0.289 e. The summed E-state index contributed by atoms with van der Waals surface area (Å²) in [6.45, 7) is 0.826. The standard InChI is InChI=1S/C15H16F3N5O3S/c16-15(17,18)13-20-14(22-21-13)19-12(24)10-5-4-6-11(9-10)27(25,26)23-7-2-1-3-8-23/h4-6,9H,1-3,7-8H2,(H2,19,20,21,22,24). The Labute approximate surface area is 152 Å². The monoisotopic (exact) mass is 403 g/mol. The third-order valence-electron chi connectivity index (χ3n) is 4.03. The molecule has 0 radical (unpaired) electrons. The van der Waals surface area contributed by atoms with Crippen molar-refractivity contribution >= 4 is 21.9 Å². The summed E-state index contributed by atoms with van der Waals surface area (Å²) in [5, 5.41) is 7.06. The first-order valence-electron chi connectivity index (χ1n) is 8.09. The first-order valence-corrected chi connectivity index (χ1v) is 9.53. The number of benzene rings is 1. The molecule has 3 rings (SSSR count). The fourth-order valence-corrected chi connectivity index (χ4v) is 4.23. The van der Waals surface area contributed by atoms with Crippen molar-refractivity contribution in [2.24, 2.45) is 0 Å². The van der Waals surface area contributed by atoms with Crippen LogP contribution >= 0.6 is 0 Å². The Morgan fingerprint density at radius 3 is 2.52 bits per heavy atom. The predicted molar refractivity (Wildman–Crippen MR) is 88.4 cm³/mol. The highest BCUT2D eigenvalue weighted by Gasteiger charge is 2.35. The molecular formula is C15H16F3N5O3S. The Kier molecular flexibility index (Phi) is 5.20. The molecule has 1 fully saturated rings. The van der Waals surface area contributed by atoms with Crippen LogP contribution in [-0.4, -0.2) is 46.9 Å². The summed E-state index contributed by atoms with van der Waals surface area (Å²) in [4.78, 5) is 15.3. The second kappa shape index (κ2) is 7.27. The van der Waals surface area contributed by atoms with Gasteiger partial charge in [-0.05, 0) is 31.0 Å². The molecule has 0 saturated carbocycles. The van der Waals surface area contributed by atoms with E-state index >= 15 is 0 Å². The highest BCUT2D eigenvalue weighted by atomic mass is 32.2. The van der Waals surface area contributed by atoms with Gasteiger partial charge in [-0.1, -0.05) is 12.5 Å². The molecule has 27 heavy (non-hydrogen) atoms. The van der Waals surface area contributed by atoms with Gasteiger partial charge in [0, 0.05) is 18.7 Å². The van der Waals surface area contributed by atoms with Gasteiger partial charge >= 0.3 is 6.18 Å². The molecule has 1 aliphatic rings. The second-order valence-electron chi connectivity index (χ2n) is 5.95. The Hall–Kier alpha value is -2.47. The maximum absolute atomic E-state index is 12.7. The van der Waals surface area contributed by atoms with Crippen LogP contribution in [0.15, 0.2) is 29.2 Å². The van der Waals surface area contributed by atoms with Crippen molar-refractivity contribution in [2.75, 3.05) is 18.4 Å². The van der Waals surface area contributed by atoms with Gasteiger partial charge in [0.15, 0.2) is 0 Å². The molecule has 0 spiro atoms. The number of hydrogen-bond acceptors (Lipinski definition) is 5. The number of carbonyl (C=O) groups is 1. The van der Waals surface area contributed by atoms with Crippen molar-refractivity contribution in [3.05, 3.63) is 35.7 Å². The van der Waals surface area contributed by atoms with Crippen LogP contribution in [0.2, 0.25) is 0 Å². The van der Waals surface area contributed by atoms with Crippen molar-refractivity contribution in [3.63, 3.8) is 0 Å². The van der Waals surface area contributed by atoms with Gasteiger partial charge in [-0.2, -0.15) is 22.5 Å². The Balaban J connectivity index is 1.78. The number of aromatic amines is 1. The van der Waals surface area contributed by atoms with Crippen LogP contribution in [0.25, 0.3) is 0 Å². The fourth-order valence-electron chi connectivity index (χ4n) is 2.67. The van der Waals surface area contributed by atoms with Gasteiger partial charge in [0.05, 0.1) is 4.90 Å². The quantitative estimate of drug-likeness (QED) is 0.814. The Bertz CT molecular complexity index is 936. The number of rotatable bonds is 4. The fraction of sp³-hybridized carbons (Fsp3) is 0.400. The van der Waals surface area contributed by atoms with Crippen LogP contribution in [-0.2, 0) is 16.2 Å². The number of amides is 1. The van der Waals surface area contributed by atoms with Gasteiger partial charge in [-0.15, -0.1) is 5.10 Å². The van der Waals surface area contributed by atoms with Crippen LogP contribution in [0.1, 0.15) is 35.4 Å². The average molecular weight is 403 g/mol. The van der Waals surface area contributed by atoms with Crippen molar-refractivity contribution < 1.29 is 26.4 Å². The van der Waals surface area contributed by atoms with E-state index in [4.69, 9.17) is 0 Å². The molecular weight excluding hydrogens is 387 g/mol. The first kappa shape index (κ1) is 19.3. The Morgan fingerprint density at radius 1 is 1.19 bits per heavy atom. The molecule has 2 aromatic rings. The van der Waals surface area contributed by atoms with E-state index in [1.165, 1.54) is 28.6 Å². The minimum absolute atomic E-state index is 0.0357. The topological polar surface area (TPSA) is 108 Å². The Morgan fingerprint density at radius 2 is 1.89 bits per heavy atom.